The molecule has 1 atom stereocenters. The van der Waals surface area contributed by atoms with E-state index in [-0.39, 0.29) is 11.7 Å². The molecule has 3 nitrogen and oxygen atoms in total. The van der Waals surface area contributed by atoms with E-state index in [0.717, 1.165) is 46.2 Å². The molecule has 1 aliphatic rings. The summed E-state index contributed by atoms with van der Waals surface area (Å²) in [6.45, 7) is 0.538. The van der Waals surface area contributed by atoms with Gasteiger partial charge in [0, 0.05) is 10.9 Å². The van der Waals surface area contributed by atoms with Crippen LogP contribution in [0.5, 0.6) is 0 Å². The molecule has 1 aromatic carbocycles. The Balaban J connectivity index is 1.67. The van der Waals surface area contributed by atoms with E-state index in [1.807, 2.05) is 41.8 Å². The van der Waals surface area contributed by atoms with E-state index < -0.39 is 0 Å². The largest absolute Gasteiger partial charge is 0.424 e. The van der Waals surface area contributed by atoms with Gasteiger partial charge in [0.05, 0.1) is 6.61 Å². The highest BCUT2D eigenvalue weighted by molar-refractivity contribution is 7.17. The van der Waals surface area contributed by atoms with Gasteiger partial charge in [-0.1, -0.05) is 30.3 Å². The van der Waals surface area contributed by atoms with Crippen LogP contribution in [0.15, 0.2) is 51.0 Å². The maximum atomic E-state index is 12.1. The van der Waals surface area contributed by atoms with Gasteiger partial charge in [0.1, 0.15) is 16.6 Å². The number of ether oxygens (including phenoxy) is 1. The fraction of sp³-hybridized carbons (Fsp3) is 0.278. The summed E-state index contributed by atoms with van der Waals surface area (Å²) in [5, 5.41) is 3.00. The monoisotopic (exact) mass is 312 g/mol. The summed E-state index contributed by atoms with van der Waals surface area (Å²) in [6, 6.07) is 12.1. The van der Waals surface area contributed by atoms with Crippen LogP contribution in [0, 0.1) is 0 Å². The van der Waals surface area contributed by atoms with Crippen molar-refractivity contribution in [3.8, 4) is 0 Å². The number of fused-ring (bicyclic) bond motifs is 3. The van der Waals surface area contributed by atoms with Crippen LogP contribution in [0.3, 0.4) is 0 Å². The molecule has 0 bridgehead atoms. The molecule has 2 aromatic heterocycles. The van der Waals surface area contributed by atoms with Crippen LogP contribution < -0.4 is 5.63 Å². The van der Waals surface area contributed by atoms with Gasteiger partial charge in [0.2, 0.25) is 0 Å². The highest BCUT2D eigenvalue weighted by atomic mass is 32.1. The van der Waals surface area contributed by atoms with Gasteiger partial charge in [0.15, 0.2) is 0 Å². The lowest BCUT2D eigenvalue weighted by atomic mass is 9.93. The maximum Gasteiger partial charge on any atom is 0.354 e. The third-order valence-electron chi connectivity index (χ3n) is 4.16. The van der Waals surface area contributed by atoms with Crippen molar-refractivity contribution in [2.24, 2.45) is 0 Å². The Bertz CT molecular complexity index is 848. The van der Waals surface area contributed by atoms with Gasteiger partial charge in [-0.3, -0.25) is 0 Å². The molecule has 0 aliphatic heterocycles. The molecule has 0 fully saturated rings. The third-order valence-corrected chi connectivity index (χ3v) is 5.05. The minimum Gasteiger partial charge on any atom is -0.424 e. The molecule has 0 radical (unpaired) electrons. The molecule has 4 rings (SSSR count). The second-order valence-corrected chi connectivity index (χ2v) is 6.49. The maximum absolute atomic E-state index is 12.1. The molecule has 1 aliphatic carbocycles. The number of thiophene rings is 1. The first-order valence-corrected chi connectivity index (χ1v) is 8.39. The number of rotatable bonds is 3. The summed E-state index contributed by atoms with van der Waals surface area (Å²) in [4.78, 5) is 12.1. The molecular weight excluding hydrogens is 296 g/mol. The summed E-state index contributed by atoms with van der Waals surface area (Å²) < 4.78 is 12.4. The molecule has 0 saturated carbocycles. The predicted molar refractivity (Wildman–Crippen MR) is 87.3 cm³/mol. The molecule has 0 N–H and O–H groups in total. The highest BCUT2D eigenvalue weighted by Crippen LogP contribution is 2.36. The summed E-state index contributed by atoms with van der Waals surface area (Å²) in [6.07, 6.45) is 2.79. The Morgan fingerprint density at radius 3 is 2.95 bits per heavy atom. The van der Waals surface area contributed by atoms with E-state index in [4.69, 9.17) is 9.15 Å². The van der Waals surface area contributed by atoms with Crippen LogP contribution >= 0.6 is 11.3 Å². The summed E-state index contributed by atoms with van der Waals surface area (Å²) in [5.41, 5.74) is 2.05. The Hall–Kier alpha value is -1.91. The first-order chi connectivity index (χ1) is 10.8. The lowest BCUT2D eigenvalue weighted by molar-refractivity contribution is 0.0116. The van der Waals surface area contributed by atoms with E-state index in [0.29, 0.717) is 6.61 Å². The van der Waals surface area contributed by atoms with Crippen LogP contribution in [0.25, 0.3) is 10.1 Å². The second kappa shape index (κ2) is 5.71. The molecular formula is C18H16O3S. The van der Waals surface area contributed by atoms with Crippen molar-refractivity contribution in [2.75, 3.05) is 0 Å². The number of benzene rings is 1. The SMILES string of the molecule is O=c1oc2c(c3ccsc13)CCCC2OCc1ccccc1. The zero-order valence-corrected chi connectivity index (χ0v) is 12.9. The zero-order chi connectivity index (χ0) is 14.9. The van der Waals surface area contributed by atoms with Gasteiger partial charge in [-0.2, -0.15) is 0 Å². The van der Waals surface area contributed by atoms with Gasteiger partial charge in [0.25, 0.3) is 0 Å². The van der Waals surface area contributed by atoms with Gasteiger partial charge in [-0.15, -0.1) is 11.3 Å². The minimum absolute atomic E-state index is 0.124. The van der Waals surface area contributed by atoms with E-state index in [9.17, 15) is 4.79 Å². The molecule has 4 heteroatoms. The van der Waals surface area contributed by atoms with E-state index in [2.05, 4.69) is 0 Å². The lowest BCUT2D eigenvalue weighted by Gasteiger charge is -2.24. The van der Waals surface area contributed by atoms with Crippen molar-refractivity contribution in [3.05, 3.63) is 69.1 Å². The van der Waals surface area contributed by atoms with Gasteiger partial charge < -0.3 is 9.15 Å². The van der Waals surface area contributed by atoms with E-state index in [1.54, 1.807) is 0 Å². The summed E-state index contributed by atoms with van der Waals surface area (Å²) >= 11 is 1.45. The number of aryl methyl sites for hydroxylation is 1. The van der Waals surface area contributed by atoms with Crippen LogP contribution in [0.1, 0.15) is 35.8 Å². The fourth-order valence-corrected chi connectivity index (χ4v) is 3.89. The van der Waals surface area contributed by atoms with Gasteiger partial charge >= 0.3 is 5.63 Å². The number of hydrogen-bond acceptors (Lipinski definition) is 4. The number of hydrogen-bond donors (Lipinski definition) is 0. The fourth-order valence-electron chi connectivity index (χ4n) is 3.09. The zero-order valence-electron chi connectivity index (χ0n) is 12.1. The van der Waals surface area contributed by atoms with Crippen molar-refractivity contribution < 1.29 is 9.15 Å². The van der Waals surface area contributed by atoms with Crippen molar-refractivity contribution in [1.29, 1.82) is 0 Å². The molecule has 0 saturated heterocycles. The van der Waals surface area contributed by atoms with Crippen LogP contribution in [0.4, 0.5) is 0 Å². The Morgan fingerprint density at radius 1 is 1.23 bits per heavy atom. The van der Waals surface area contributed by atoms with Gasteiger partial charge in [-0.05, 0) is 36.3 Å². The summed E-state index contributed by atoms with van der Waals surface area (Å²) in [7, 11) is 0. The molecule has 2 heterocycles. The lowest BCUT2D eigenvalue weighted by Crippen LogP contribution is -2.16. The molecule has 0 amide bonds. The van der Waals surface area contributed by atoms with Crippen molar-refractivity contribution in [1.82, 2.24) is 0 Å². The first kappa shape index (κ1) is 13.7. The molecule has 0 spiro atoms. The van der Waals surface area contributed by atoms with E-state index >= 15 is 0 Å². The normalized spacial score (nSPS) is 17.5. The third kappa shape index (κ3) is 2.38. The van der Waals surface area contributed by atoms with E-state index in [1.165, 1.54) is 11.3 Å². The second-order valence-electron chi connectivity index (χ2n) is 5.57. The molecule has 1 unspecified atom stereocenters. The molecule has 3 aromatic rings. The Morgan fingerprint density at radius 2 is 2.09 bits per heavy atom. The minimum atomic E-state index is -0.237. The van der Waals surface area contributed by atoms with Crippen molar-refractivity contribution >= 4 is 21.4 Å². The summed E-state index contributed by atoms with van der Waals surface area (Å²) in [5.74, 6) is 0.734. The van der Waals surface area contributed by atoms with Crippen molar-refractivity contribution in [2.45, 2.75) is 32.0 Å². The first-order valence-electron chi connectivity index (χ1n) is 7.51. The van der Waals surface area contributed by atoms with Crippen molar-refractivity contribution in [3.63, 3.8) is 0 Å². The quantitative estimate of drug-likeness (QED) is 0.717. The van der Waals surface area contributed by atoms with Gasteiger partial charge in [-0.25, -0.2) is 4.79 Å². The predicted octanol–water partition coefficient (Wildman–Crippen LogP) is 4.45. The Labute approximate surface area is 132 Å². The van der Waals surface area contributed by atoms with Crippen LogP contribution in [-0.4, -0.2) is 0 Å². The average molecular weight is 312 g/mol. The van der Waals surface area contributed by atoms with Crippen LogP contribution in [0.2, 0.25) is 0 Å². The smallest absolute Gasteiger partial charge is 0.354 e. The van der Waals surface area contributed by atoms with Crippen LogP contribution in [-0.2, 0) is 17.8 Å². The molecule has 112 valence electrons. The molecule has 22 heavy (non-hydrogen) atoms. The topological polar surface area (TPSA) is 39.4 Å². The standard InChI is InChI=1S/C18H16O3S/c19-18-17-14(9-10-22-17)13-7-4-8-15(16(13)21-18)20-11-12-5-2-1-3-6-12/h1-3,5-6,9-10,15H,4,7-8,11H2. The highest BCUT2D eigenvalue weighted by Gasteiger charge is 2.27. The Kier molecular flexibility index (Phi) is 3.56. The average Bonchev–Trinajstić information content (AvgIpc) is 3.05.